The Hall–Kier alpha value is -0.640. The van der Waals surface area contributed by atoms with Crippen molar-refractivity contribution >= 4 is 17.4 Å². The van der Waals surface area contributed by atoms with Gasteiger partial charge in [-0.3, -0.25) is 0 Å². The third-order valence-corrected chi connectivity index (χ3v) is 5.13. The van der Waals surface area contributed by atoms with Crippen molar-refractivity contribution in [2.24, 2.45) is 5.92 Å². The Morgan fingerprint density at radius 3 is 2.85 bits per heavy atom. The molecule has 2 rings (SSSR count). The van der Waals surface area contributed by atoms with Gasteiger partial charge in [-0.2, -0.15) is 0 Å². The zero-order chi connectivity index (χ0) is 14.2. The molecule has 0 atom stereocenters. The maximum atomic E-state index is 5.11. The van der Waals surface area contributed by atoms with E-state index in [1.54, 1.807) is 12.7 Å². The number of nitrogens with one attached hydrogen (secondary N) is 1. The molecule has 1 N–H and O–H groups in total. The first-order valence-corrected chi connectivity index (χ1v) is 8.63. The van der Waals surface area contributed by atoms with Crippen molar-refractivity contribution in [2.45, 2.75) is 39.0 Å². The van der Waals surface area contributed by atoms with Crippen LogP contribution in [0.25, 0.3) is 6.08 Å². The fraction of sp³-hybridized carbons (Fsp3) is 0.647. The van der Waals surface area contributed by atoms with Crippen molar-refractivity contribution in [1.29, 1.82) is 0 Å². The lowest BCUT2D eigenvalue weighted by molar-refractivity contribution is 0.200. The van der Waals surface area contributed by atoms with Gasteiger partial charge in [0.15, 0.2) is 0 Å². The third kappa shape index (κ3) is 4.72. The van der Waals surface area contributed by atoms with Crippen LogP contribution in [0.2, 0.25) is 0 Å². The SMILES string of the molecule is COCCNC/C(=C/c1sccc1C)C1CCCCC1. The summed E-state index contributed by atoms with van der Waals surface area (Å²) in [7, 11) is 1.76. The molecule has 1 aliphatic carbocycles. The van der Waals surface area contributed by atoms with Gasteiger partial charge in [-0.1, -0.05) is 24.8 Å². The van der Waals surface area contributed by atoms with Crippen molar-refractivity contribution in [1.82, 2.24) is 5.32 Å². The van der Waals surface area contributed by atoms with Crippen molar-refractivity contribution in [3.63, 3.8) is 0 Å². The molecular formula is C17H27NOS. The van der Waals surface area contributed by atoms with E-state index in [0.717, 1.165) is 25.6 Å². The number of hydrogen-bond acceptors (Lipinski definition) is 3. The minimum absolute atomic E-state index is 0.778. The molecule has 1 saturated carbocycles. The van der Waals surface area contributed by atoms with E-state index in [-0.39, 0.29) is 0 Å². The Morgan fingerprint density at radius 1 is 1.40 bits per heavy atom. The van der Waals surface area contributed by atoms with Gasteiger partial charge in [0.1, 0.15) is 0 Å². The lowest BCUT2D eigenvalue weighted by atomic mass is 9.83. The molecule has 0 unspecified atom stereocenters. The summed E-state index contributed by atoms with van der Waals surface area (Å²) in [5, 5.41) is 5.72. The topological polar surface area (TPSA) is 21.3 Å². The first-order valence-electron chi connectivity index (χ1n) is 7.75. The molecule has 0 radical (unpaired) electrons. The number of hydrogen-bond donors (Lipinski definition) is 1. The predicted octanol–water partition coefficient (Wildman–Crippen LogP) is 4.26. The van der Waals surface area contributed by atoms with Crippen molar-refractivity contribution in [3.05, 3.63) is 27.5 Å². The number of aryl methyl sites for hydroxylation is 1. The van der Waals surface area contributed by atoms with Crippen LogP contribution < -0.4 is 5.32 Å². The quantitative estimate of drug-likeness (QED) is 0.759. The van der Waals surface area contributed by atoms with Crippen LogP contribution in [0.3, 0.4) is 0 Å². The van der Waals surface area contributed by atoms with E-state index in [4.69, 9.17) is 4.74 Å². The minimum Gasteiger partial charge on any atom is -0.383 e. The lowest BCUT2D eigenvalue weighted by Crippen LogP contribution is -2.25. The summed E-state index contributed by atoms with van der Waals surface area (Å²) in [4.78, 5) is 1.43. The average Bonchev–Trinajstić information content (AvgIpc) is 2.88. The van der Waals surface area contributed by atoms with E-state index in [0.29, 0.717) is 0 Å². The molecule has 0 saturated heterocycles. The first kappa shape index (κ1) is 15.7. The second kappa shape index (κ2) is 8.60. The van der Waals surface area contributed by atoms with Gasteiger partial charge in [0, 0.05) is 25.1 Å². The molecule has 1 aliphatic rings. The van der Waals surface area contributed by atoms with Crippen molar-refractivity contribution in [2.75, 3.05) is 26.8 Å². The standard InChI is InChI=1S/C17H27NOS/c1-14-8-11-20-17(14)12-16(13-18-9-10-19-2)15-6-4-3-5-7-15/h8,11-12,15,18H,3-7,9-10,13H2,1-2H3/b16-12-. The molecule has 0 spiro atoms. The zero-order valence-corrected chi connectivity index (χ0v) is 13.6. The van der Waals surface area contributed by atoms with Crippen molar-refractivity contribution < 1.29 is 4.74 Å². The monoisotopic (exact) mass is 293 g/mol. The fourth-order valence-corrected chi connectivity index (χ4v) is 3.79. The average molecular weight is 293 g/mol. The molecule has 0 aromatic carbocycles. The van der Waals surface area contributed by atoms with Gasteiger partial charge < -0.3 is 10.1 Å². The van der Waals surface area contributed by atoms with Crippen LogP contribution in [0.4, 0.5) is 0 Å². The van der Waals surface area contributed by atoms with Gasteiger partial charge in [0.2, 0.25) is 0 Å². The van der Waals surface area contributed by atoms with Crippen LogP contribution in [0.5, 0.6) is 0 Å². The van der Waals surface area contributed by atoms with Crippen LogP contribution in [-0.4, -0.2) is 26.8 Å². The highest BCUT2D eigenvalue weighted by Crippen LogP contribution is 2.31. The van der Waals surface area contributed by atoms with Gasteiger partial charge in [0.05, 0.1) is 6.61 Å². The highest BCUT2D eigenvalue weighted by atomic mass is 32.1. The molecule has 1 fully saturated rings. The molecule has 0 amide bonds. The van der Waals surface area contributed by atoms with E-state index in [2.05, 4.69) is 29.8 Å². The molecule has 2 nitrogen and oxygen atoms in total. The van der Waals surface area contributed by atoms with Crippen LogP contribution >= 0.6 is 11.3 Å². The third-order valence-electron chi connectivity index (χ3n) is 4.16. The van der Waals surface area contributed by atoms with Gasteiger partial charge in [0.25, 0.3) is 0 Å². The summed E-state index contributed by atoms with van der Waals surface area (Å²) >= 11 is 1.86. The molecule has 0 bridgehead atoms. The number of ether oxygens (including phenoxy) is 1. The smallest absolute Gasteiger partial charge is 0.0587 e. The maximum Gasteiger partial charge on any atom is 0.0587 e. The highest BCUT2D eigenvalue weighted by Gasteiger charge is 2.18. The number of rotatable bonds is 7. The van der Waals surface area contributed by atoms with E-state index in [1.807, 2.05) is 11.3 Å². The van der Waals surface area contributed by atoms with E-state index >= 15 is 0 Å². The summed E-state index contributed by atoms with van der Waals surface area (Å²) in [5.41, 5.74) is 2.99. The minimum atomic E-state index is 0.778. The Bertz CT molecular complexity index is 418. The van der Waals surface area contributed by atoms with E-state index < -0.39 is 0 Å². The summed E-state index contributed by atoms with van der Waals surface area (Å²) in [5.74, 6) is 0.778. The summed E-state index contributed by atoms with van der Waals surface area (Å²) in [6.07, 6.45) is 9.37. The Kier molecular flexibility index (Phi) is 6.77. The van der Waals surface area contributed by atoms with Gasteiger partial charge >= 0.3 is 0 Å². The molecule has 3 heteroatoms. The first-order chi connectivity index (χ1) is 9.81. The molecule has 1 aromatic heterocycles. The van der Waals surface area contributed by atoms with E-state index in [9.17, 15) is 0 Å². The Labute approximate surface area is 127 Å². The second-order valence-corrected chi connectivity index (χ2v) is 6.64. The molecule has 0 aliphatic heterocycles. The normalized spacial score (nSPS) is 17.6. The highest BCUT2D eigenvalue weighted by molar-refractivity contribution is 7.11. The summed E-state index contributed by atoms with van der Waals surface area (Å²) in [6.45, 7) is 4.94. The number of thiophene rings is 1. The van der Waals surface area contributed by atoms with Crippen LogP contribution in [0.1, 0.15) is 42.5 Å². The van der Waals surface area contributed by atoms with Crippen molar-refractivity contribution in [3.8, 4) is 0 Å². The largest absolute Gasteiger partial charge is 0.383 e. The number of methoxy groups -OCH3 is 1. The van der Waals surface area contributed by atoms with Crippen LogP contribution in [0.15, 0.2) is 17.0 Å². The van der Waals surface area contributed by atoms with Crippen LogP contribution in [-0.2, 0) is 4.74 Å². The molecule has 20 heavy (non-hydrogen) atoms. The van der Waals surface area contributed by atoms with Gasteiger partial charge in [-0.25, -0.2) is 0 Å². The van der Waals surface area contributed by atoms with Crippen LogP contribution in [0, 0.1) is 12.8 Å². The molecule has 1 aromatic rings. The maximum absolute atomic E-state index is 5.11. The molecular weight excluding hydrogens is 266 g/mol. The Balaban J connectivity index is 2.02. The van der Waals surface area contributed by atoms with Gasteiger partial charge in [-0.15, -0.1) is 11.3 Å². The molecule has 112 valence electrons. The summed E-state index contributed by atoms with van der Waals surface area (Å²) in [6, 6.07) is 2.22. The summed E-state index contributed by atoms with van der Waals surface area (Å²) < 4.78 is 5.11. The Morgan fingerprint density at radius 2 is 2.20 bits per heavy atom. The second-order valence-electron chi connectivity index (χ2n) is 5.69. The van der Waals surface area contributed by atoms with E-state index in [1.165, 1.54) is 42.5 Å². The molecule has 1 heterocycles. The van der Waals surface area contributed by atoms with Gasteiger partial charge in [-0.05, 0) is 48.8 Å². The lowest BCUT2D eigenvalue weighted by Gasteiger charge is -2.25. The fourth-order valence-electron chi connectivity index (χ4n) is 2.89. The zero-order valence-electron chi connectivity index (χ0n) is 12.8. The predicted molar refractivity (Wildman–Crippen MR) is 88.4 cm³/mol.